The third kappa shape index (κ3) is 5.14. The molecule has 7 nitrogen and oxygen atoms in total. The van der Waals surface area contributed by atoms with Crippen molar-refractivity contribution in [2.45, 2.75) is 0 Å². The number of aromatic nitrogens is 3. The van der Waals surface area contributed by atoms with Gasteiger partial charge >= 0.3 is 0 Å². The van der Waals surface area contributed by atoms with Gasteiger partial charge in [-0.15, -0.1) is 0 Å². The fourth-order valence-corrected chi connectivity index (χ4v) is 3.91. The Hall–Kier alpha value is -2.44. The molecular weight excluding hydrogens is 385 g/mol. The van der Waals surface area contributed by atoms with Gasteiger partial charge in [-0.1, -0.05) is 18.2 Å². The first-order valence-corrected chi connectivity index (χ1v) is 11.1. The van der Waals surface area contributed by atoms with Crippen LogP contribution in [0.3, 0.4) is 0 Å². The van der Waals surface area contributed by atoms with E-state index in [4.69, 9.17) is 19.8 Å². The molecule has 0 aliphatic carbocycles. The second-order valence-electron chi connectivity index (χ2n) is 6.97. The van der Waals surface area contributed by atoms with Crippen LogP contribution in [0.15, 0.2) is 48.8 Å². The third-order valence-electron chi connectivity index (χ3n) is 5.00. The standard InChI is InChI=1S/C21H24N5O2P/c27-29(28)15-14-25-10-12-26(13-11-25)21-18-5-1-2-6-19(18)23-20(24-21)8-7-17-4-3-9-22-16-17/h1-9,16,27-28H,10-15H2/b8-7+. The fraction of sp³-hybridized carbons (Fsp3) is 0.286. The molecule has 8 heteroatoms. The van der Waals surface area contributed by atoms with E-state index in [0.717, 1.165) is 55.0 Å². The smallest absolute Gasteiger partial charge is 0.166 e. The lowest BCUT2D eigenvalue weighted by Crippen LogP contribution is -2.47. The summed E-state index contributed by atoms with van der Waals surface area (Å²) in [5, 5.41) is 1.05. The Balaban J connectivity index is 1.56. The van der Waals surface area contributed by atoms with E-state index in [-0.39, 0.29) is 0 Å². The SMILES string of the molecule is OP(O)CCN1CCN(c2nc(/C=C/c3cccnc3)nc3ccccc23)CC1. The van der Waals surface area contributed by atoms with Crippen LogP contribution in [-0.2, 0) is 0 Å². The molecule has 1 fully saturated rings. The van der Waals surface area contributed by atoms with Crippen molar-refractivity contribution in [2.75, 3.05) is 43.8 Å². The van der Waals surface area contributed by atoms with E-state index in [1.807, 2.05) is 48.7 Å². The predicted molar refractivity (Wildman–Crippen MR) is 118 cm³/mol. The second kappa shape index (κ2) is 9.37. The molecule has 1 aliphatic heterocycles. The van der Waals surface area contributed by atoms with E-state index in [2.05, 4.69) is 20.9 Å². The minimum Gasteiger partial charge on any atom is -0.353 e. The van der Waals surface area contributed by atoms with Crippen molar-refractivity contribution in [1.82, 2.24) is 19.9 Å². The van der Waals surface area contributed by atoms with Gasteiger partial charge in [0, 0.05) is 56.7 Å². The summed E-state index contributed by atoms with van der Waals surface area (Å²) in [6, 6.07) is 12.0. The lowest BCUT2D eigenvalue weighted by atomic mass is 10.2. The van der Waals surface area contributed by atoms with Crippen LogP contribution in [0.1, 0.15) is 11.4 Å². The maximum absolute atomic E-state index is 9.15. The number of piperazine rings is 1. The molecule has 3 heterocycles. The van der Waals surface area contributed by atoms with Gasteiger partial charge in [0.05, 0.1) is 5.52 Å². The van der Waals surface area contributed by atoms with E-state index in [0.29, 0.717) is 12.0 Å². The molecule has 1 aromatic carbocycles. The number of benzene rings is 1. The van der Waals surface area contributed by atoms with Crippen molar-refractivity contribution in [3.05, 3.63) is 60.2 Å². The quantitative estimate of drug-likeness (QED) is 0.606. The Morgan fingerprint density at radius 1 is 0.966 bits per heavy atom. The van der Waals surface area contributed by atoms with Crippen LogP contribution in [0.2, 0.25) is 0 Å². The molecule has 0 saturated carbocycles. The zero-order valence-corrected chi connectivity index (χ0v) is 17.0. The highest BCUT2D eigenvalue weighted by Crippen LogP contribution is 2.26. The van der Waals surface area contributed by atoms with Gasteiger partial charge in [0.25, 0.3) is 0 Å². The van der Waals surface area contributed by atoms with Gasteiger partial charge in [0.1, 0.15) is 5.82 Å². The van der Waals surface area contributed by atoms with E-state index in [1.54, 1.807) is 6.20 Å². The molecule has 29 heavy (non-hydrogen) atoms. The molecule has 150 valence electrons. The molecule has 2 aromatic heterocycles. The van der Waals surface area contributed by atoms with Gasteiger partial charge in [0.2, 0.25) is 0 Å². The van der Waals surface area contributed by atoms with Crippen LogP contribution in [-0.4, -0.2) is 68.5 Å². The number of hydrogen-bond acceptors (Lipinski definition) is 7. The van der Waals surface area contributed by atoms with Crippen molar-refractivity contribution in [3.63, 3.8) is 0 Å². The first-order valence-electron chi connectivity index (χ1n) is 9.66. The highest BCUT2D eigenvalue weighted by atomic mass is 31.2. The van der Waals surface area contributed by atoms with Gasteiger partial charge in [0.15, 0.2) is 14.2 Å². The number of para-hydroxylation sites is 1. The molecule has 1 aliphatic rings. The van der Waals surface area contributed by atoms with Gasteiger partial charge in [-0.05, 0) is 35.9 Å². The van der Waals surface area contributed by atoms with Crippen molar-refractivity contribution in [3.8, 4) is 0 Å². The fourth-order valence-electron chi connectivity index (χ4n) is 3.45. The van der Waals surface area contributed by atoms with Crippen LogP contribution in [0.25, 0.3) is 23.1 Å². The highest BCUT2D eigenvalue weighted by molar-refractivity contribution is 7.45. The third-order valence-corrected chi connectivity index (χ3v) is 5.60. The Bertz CT molecular complexity index is 975. The van der Waals surface area contributed by atoms with E-state index in [1.165, 1.54) is 0 Å². The van der Waals surface area contributed by atoms with Crippen molar-refractivity contribution >= 4 is 37.2 Å². The normalized spacial score (nSPS) is 15.6. The number of rotatable bonds is 6. The summed E-state index contributed by atoms with van der Waals surface area (Å²) in [5.41, 5.74) is 1.93. The van der Waals surface area contributed by atoms with E-state index >= 15 is 0 Å². The Kier molecular flexibility index (Phi) is 6.42. The summed E-state index contributed by atoms with van der Waals surface area (Å²) in [6.45, 7) is 4.17. The number of fused-ring (bicyclic) bond motifs is 1. The lowest BCUT2D eigenvalue weighted by Gasteiger charge is -2.35. The molecule has 0 amide bonds. The molecule has 0 bridgehead atoms. The first-order chi connectivity index (χ1) is 14.2. The van der Waals surface area contributed by atoms with Gasteiger partial charge in [-0.25, -0.2) is 9.97 Å². The molecule has 2 N–H and O–H groups in total. The summed E-state index contributed by atoms with van der Waals surface area (Å²) in [6.07, 6.45) is 7.90. The zero-order chi connectivity index (χ0) is 20.1. The number of hydrogen-bond donors (Lipinski definition) is 2. The van der Waals surface area contributed by atoms with Crippen molar-refractivity contribution in [1.29, 1.82) is 0 Å². The second-order valence-corrected chi connectivity index (χ2v) is 8.16. The van der Waals surface area contributed by atoms with Crippen molar-refractivity contribution < 1.29 is 9.79 Å². The molecule has 1 saturated heterocycles. The molecule has 0 radical (unpaired) electrons. The molecule has 0 atom stereocenters. The summed E-state index contributed by atoms with van der Waals surface area (Å²) in [4.78, 5) is 36.6. The Morgan fingerprint density at radius 3 is 2.55 bits per heavy atom. The lowest BCUT2D eigenvalue weighted by molar-refractivity contribution is 0.269. The van der Waals surface area contributed by atoms with Crippen LogP contribution < -0.4 is 4.90 Å². The van der Waals surface area contributed by atoms with Crippen LogP contribution in [0.4, 0.5) is 5.82 Å². The summed E-state index contributed by atoms with van der Waals surface area (Å²) >= 11 is 0. The summed E-state index contributed by atoms with van der Waals surface area (Å²) in [5.74, 6) is 1.63. The minimum absolute atomic E-state index is 0.440. The molecule has 0 spiro atoms. The number of pyridine rings is 1. The average Bonchev–Trinajstić information content (AvgIpc) is 2.77. The minimum atomic E-state index is -1.82. The molecule has 4 rings (SSSR count). The van der Waals surface area contributed by atoms with E-state index < -0.39 is 8.38 Å². The van der Waals surface area contributed by atoms with Crippen LogP contribution in [0, 0.1) is 0 Å². The van der Waals surface area contributed by atoms with E-state index in [9.17, 15) is 0 Å². The molecule has 0 unspecified atom stereocenters. The van der Waals surface area contributed by atoms with Crippen molar-refractivity contribution in [2.24, 2.45) is 0 Å². The average molecular weight is 409 g/mol. The summed E-state index contributed by atoms with van der Waals surface area (Å²) in [7, 11) is -1.82. The van der Waals surface area contributed by atoms with Gasteiger partial charge < -0.3 is 14.7 Å². The molecular formula is C21H24N5O2P. The van der Waals surface area contributed by atoms with Gasteiger partial charge in [-0.2, -0.15) is 0 Å². The number of nitrogens with zero attached hydrogens (tertiary/aromatic N) is 5. The highest BCUT2D eigenvalue weighted by Gasteiger charge is 2.20. The zero-order valence-electron chi connectivity index (χ0n) is 16.1. The maximum Gasteiger partial charge on any atom is 0.166 e. The Morgan fingerprint density at radius 2 is 1.79 bits per heavy atom. The molecule has 3 aromatic rings. The monoisotopic (exact) mass is 409 g/mol. The first kappa shape index (κ1) is 19.9. The maximum atomic E-state index is 9.15. The topological polar surface area (TPSA) is 85.6 Å². The predicted octanol–water partition coefficient (Wildman–Crippen LogP) is 2.61. The largest absolute Gasteiger partial charge is 0.353 e. The van der Waals surface area contributed by atoms with Crippen LogP contribution >= 0.6 is 8.38 Å². The van der Waals surface area contributed by atoms with Gasteiger partial charge in [-0.3, -0.25) is 9.88 Å². The summed E-state index contributed by atoms with van der Waals surface area (Å²) < 4.78 is 0. The van der Waals surface area contributed by atoms with Crippen LogP contribution in [0.5, 0.6) is 0 Å². The Labute approximate surface area is 171 Å². The number of anilines is 1.